The molecule has 0 saturated carbocycles. The van der Waals surface area contributed by atoms with E-state index in [1.54, 1.807) is 18.7 Å². The summed E-state index contributed by atoms with van der Waals surface area (Å²) in [6.45, 7) is 5.85. The van der Waals surface area contributed by atoms with Crippen LogP contribution in [0.4, 0.5) is 0 Å². The zero-order chi connectivity index (χ0) is 26.0. The number of carbonyl (C=O) groups excluding carboxylic acids is 6. The van der Waals surface area contributed by atoms with Gasteiger partial charge in [0.05, 0.1) is 5.88 Å². The van der Waals surface area contributed by atoms with E-state index in [0.717, 1.165) is 35.5 Å². The van der Waals surface area contributed by atoms with Gasteiger partial charge in [-0.2, -0.15) is 19.2 Å². The van der Waals surface area contributed by atoms with Crippen LogP contribution in [0.1, 0.15) is 56.0 Å². The molecule has 2 aromatic carbocycles. The molecule has 2 aromatic rings. The average molecular weight is 506 g/mol. The summed E-state index contributed by atoms with van der Waals surface area (Å²) in [4.78, 5) is 57.9. The Hall–Kier alpha value is -3.02. The van der Waals surface area contributed by atoms with E-state index in [-0.39, 0.29) is 35.4 Å². The fourth-order valence-corrected chi connectivity index (χ4v) is 4.22. The first-order valence-electron chi connectivity index (χ1n) is 10.5. The first kappa shape index (κ1) is 31.0. The smallest absolute Gasteiger partial charge is 0.351 e. The van der Waals surface area contributed by atoms with E-state index >= 15 is 0 Å². The van der Waals surface area contributed by atoms with Gasteiger partial charge in [0.15, 0.2) is 5.78 Å². The van der Waals surface area contributed by atoms with Gasteiger partial charge in [-0.15, -0.1) is 11.6 Å². The molecule has 0 spiro atoms. The molecule has 34 heavy (non-hydrogen) atoms. The number of benzene rings is 2. The molecule has 1 N–H and O–H groups in total. The Morgan fingerprint density at radius 1 is 0.882 bits per heavy atom. The molecule has 0 bridgehead atoms. The second-order valence-corrected chi connectivity index (χ2v) is 8.58. The molecule has 0 saturated heterocycles. The molecule has 182 valence electrons. The van der Waals surface area contributed by atoms with E-state index in [0.29, 0.717) is 5.56 Å². The third kappa shape index (κ3) is 11.7. The number of ketones is 1. The Balaban J connectivity index is 0.00000164. The van der Waals surface area contributed by atoms with Gasteiger partial charge in [0.1, 0.15) is 0 Å². The number of hydrogen-bond acceptors (Lipinski definition) is 7. The lowest BCUT2D eigenvalue weighted by Crippen LogP contribution is -2.47. The molecule has 0 heterocycles. The topological polar surface area (TPSA) is 114 Å². The zero-order valence-electron chi connectivity index (χ0n) is 19.4. The molecule has 0 aliphatic heterocycles. The quantitative estimate of drug-likeness (QED) is 0.367. The molecule has 0 aliphatic rings. The number of Topliss-reactive ketones (excluding diaryl/α,β-unsaturated/α-hetero) is 1. The van der Waals surface area contributed by atoms with Crippen molar-refractivity contribution in [2.24, 2.45) is 0 Å². The standard InChI is InChI=1S/C23H28ClNO2S.2CO2/c1-4-23(5-2,25-17(3)26)15-14-18-6-10-20(11-7-18)28-21-12-8-19(9-13-21)22(27)16-24;2*2-1-3/h6-13H,4-5,14-16H2,1-3H3,(H,25,26);;. The molecule has 0 unspecified atom stereocenters. The molecule has 0 aromatic heterocycles. The number of aryl methyl sites for hydroxylation is 1. The zero-order valence-corrected chi connectivity index (χ0v) is 21.0. The van der Waals surface area contributed by atoms with Gasteiger partial charge < -0.3 is 5.32 Å². The first-order valence-corrected chi connectivity index (χ1v) is 11.8. The Morgan fingerprint density at radius 2 is 1.32 bits per heavy atom. The van der Waals surface area contributed by atoms with E-state index in [2.05, 4.69) is 43.4 Å². The normalized spacial score (nSPS) is 9.76. The number of rotatable bonds is 10. The van der Waals surface area contributed by atoms with Gasteiger partial charge in [-0.3, -0.25) is 9.59 Å². The number of halogens is 1. The van der Waals surface area contributed by atoms with Crippen molar-refractivity contribution in [2.45, 2.75) is 61.8 Å². The molecule has 0 radical (unpaired) electrons. The summed E-state index contributed by atoms with van der Waals surface area (Å²) >= 11 is 7.26. The van der Waals surface area contributed by atoms with Gasteiger partial charge in [-0.05, 0) is 55.5 Å². The maximum Gasteiger partial charge on any atom is 0.373 e. The van der Waals surface area contributed by atoms with Gasteiger partial charge >= 0.3 is 12.3 Å². The summed E-state index contributed by atoms with van der Waals surface area (Å²) in [6, 6.07) is 16.1. The van der Waals surface area contributed by atoms with Crippen LogP contribution in [-0.2, 0) is 30.4 Å². The van der Waals surface area contributed by atoms with Crippen molar-refractivity contribution in [1.82, 2.24) is 5.32 Å². The minimum absolute atomic E-state index is 0.00718. The third-order valence-electron chi connectivity index (χ3n) is 5.14. The van der Waals surface area contributed by atoms with Gasteiger partial charge in [0, 0.05) is 27.8 Å². The van der Waals surface area contributed by atoms with E-state index in [1.807, 2.05) is 24.3 Å². The van der Waals surface area contributed by atoms with Crippen LogP contribution < -0.4 is 5.32 Å². The number of amides is 1. The highest BCUT2D eigenvalue weighted by atomic mass is 35.5. The Labute approximate surface area is 208 Å². The fraction of sp³-hybridized carbons (Fsp3) is 0.360. The molecule has 9 heteroatoms. The van der Waals surface area contributed by atoms with E-state index in [9.17, 15) is 9.59 Å². The number of nitrogens with one attached hydrogen (secondary N) is 1. The second kappa shape index (κ2) is 17.5. The van der Waals surface area contributed by atoms with Crippen LogP contribution in [0.25, 0.3) is 0 Å². The minimum atomic E-state index is -0.124. The largest absolute Gasteiger partial charge is 0.373 e. The number of alkyl halides is 1. The van der Waals surface area contributed by atoms with Crippen molar-refractivity contribution < 1.29 is 28.8 Å². The lowest BCUT2D eigenvalue weighted by Gasteiger charge is -2.32. The van der Waals surface area contributed by atoms with Gasteiger partial charge in [-0.1, -0.05) is 49.9 Å². The predicted molar refractivity (Wildman–Crippen MR) is 128 cm³/mol. The summed E-state index contributed by atoms with van der Waals surface area (Å²) in [5, 5.41) is 3.15. The highest BCUT2D eigenvalue weighted by molar-refractivity contribution is 7.99. The summed E-state index contributed by atoms with van der Waals surface area (Å²) < 4.78 is 0. The summed E-state index contributed by atoms with van der Waals surface area (Å²) in [6.07, 6.45) is 4.22. The van der Waals surface area contributed by atoms with Crippen LogP contribution in [0, 0.1) is 0 Å². The summed E-state index contributed by atoms with van der Waals surface area (Å²) in [7, 11) is 0. The lowest BCUT2D eigenvalue weighted by molar-refractivity contribution is -0.193. The lowest BCUT2D eigenvalue weighted by atomic mass is 9.86. The van der Waals surface area contributed by atoms with E-state index in [4.69, 9.17) is 30.8 Å². The molecule has 2 rings (SSSR count). The van der Waals surface area contributed by atoms with Crippen LogP contribution in [0.5, 0.6) is 0 Å². The Bertz CT molecular complexity index is 948. The maximum absolute atomic E-state index is 11.6. The van der Waals surface area contributed by atoms with Gasteiger partial charge in [0.25, 0.3) is 0 Å². The van der Waals surface area contributed by atoms with Crippen molar-refractivity contribution in [3.05, 3.63) is 59.7 Å². The van der Waals surface area contributed by atoms with E-state index < -0.39 is 0 Å². The number of hydrogen-bond donors (Lipinski definition) is 1. The van der Waals surface area contributed by atoms with Crippen LogP contribution >= 0.6 is 23.4 Å². The van der Waals surface area contributed by atoms with Crippen molar-refractivity contribution in [3.8, 4) is 0 Å². The third-order valence-corrected chi connectivity index (χ3v) is 6.40. The first-order chi connectivity index (χ1) is 16.2. The molecule has 0 fully saturated rings. The molecular formula is C25H28ClNO6S. The average Bonchev–Trinajstić information content (AvgIpc) is 2.83. The minimum Gasteiger partial charge on any atom is -0.351 e. The molecule has 1 amide bonds. The van der Waals surface area contributed by atoms with Crippen molar-refractivity contribution in [3.63, 3.8) is 0 Å². The summed E-state index contributed by atoms with van der Waals surface area (Å²) in [5.41, 5.74) is 1.79. The molecule has 0 atom stereocenters. The van der Waals surface area contributed by atoms with Crippen molar-refractivity contribution in [2.75, 3.05) is 5.88 Å². The monoisotopic (exact) mass is 505 g/mol. The number of carbonyl (C=O) groups is 2. The van der Waals surface area contributed by atoms with Crippen LogP contribution in [0.15, 0.2) is 58.3 Å². The van der Waals surface area contributed by atoms with Gasteiger partial charge in [-0.25, -0.2) is 0 Å². The van der Waals surface area contributed by atoms with Crippen LogP contribution in [0.3, 0.4) is 0 Å². The molecule has 0 aliphatic carbocycles. The fourth-order valence-electron chi connectivity index (χ4n) is 3.25. The van der Waals surface area contributed by atoms with Crippen LogP contribution in [-0.4, -0.2) is 35.4 Å². The molecular weight excluding hydrogens is 478 g/mol. The van der Waals surface area contributed by atoms with Gasteiger partial charge in [0.2, 0.25) is 5.91 Å². The van der Waals surface area contributed by atoms with Crippen LogP contribution in [0.2, 0.25) is 0 Å². The predicted octanol–water partition coefficient (Wildman–Crippen LogP) is 4.72. The highest BCUT2D eigenvalue weighted by Crippen LogP contribution is 2.29. The van der Waals surface area contributed by atoms with E-state index in [1.165, 1.54) is 5.56 Å². The highest BCUT2D eigenvalue weighted by Gasteiger charge is 2.26. The molecule has 7 nitrogen and oxygen atoms in total. The Morgan fingerprint density at radius 3 is 1.71 bits per heavy atom. The van der Waals surface area contributed by atoms with Crippen molar-refractivity contribution in [1.29, 1.82) is 0 Å². The maximum atomic E-state index is 11.6. The summed E-state index contributed by atoms with van der Waals surface area (Å²) in [5.74, 6) is -0.0148. The Kier molecular flexibility index (Phi) is 15.9. The van der Waals surface area contributed by atoms with Crippen molar-refractivity contribution >= 4 is 47.4 Å². The SMILES string of the molecule is CCC(CC)(CCc1ccc(Sc2ccc(C(=O)CCl)cc2)cc1)NC(C)=O.O=C=O.O=C=O. The second-order valence-electron chi connectivity index (χ2n) is 7.16.